The van der Waals surface area contributed by atoms with Crippen molar-refractivity contribution in [2.24, 2.45) is 0 Å². The minimum atomic E-state index is -5.33. The number of carbonyl (C=O) groups is 1. The molecule has 3 rings (SSSR count). The highest BCUT2D eigenvalue weighted by molar-refractivity contribution is 6.31. The van der Waals surface area contributed by atoms with Gasteiger partial charge < -0.3 is 15.4 Å². The van der Waals surface area contributed by atoms with Gasteiger partial charge >= 0.3 is 11.8 Å². The first-order valence-electron chi connectivity index (χ1n) is 9.48. The van der Waals surface area contributed by atoms with Crippen LogP contribution in [0, 0.1) is 6.92 Å². The Kier molecular flexibility index (Phi) is 5.86. The largest absolute Gasteiger partial charge is 0.424 e. The normalized spacial score (nSPS) is 14.4. The maximum Gasteiger partial charge on any atom is 0.424 e. The number of nitrogen functional groups attached to an aromatic ring is 1. The number of hydrogen-bond acceptors (Lipinski definition) is 6. The van der Waals surface area contributed by atoms with Crippen molar-refractivity contribution in [3.63, 3.8) is 0 Å². The number of Topliss-reactive ketones (excluding diaryl/α,β-unsaturated/α-hetero) is 1. The van der Waals surface area contributed by atoms with Crippen LogP contribution in [-0.4, -0.2) is 27.8 Å². The molecule has 32 heavy (non-hydrogen) atoms. The van der Waals surface area contributed by atoms with Gasteiger partial charge in [-0.1, -0.05) is 48.8 Å². The first kappa shape index (κ1) is 23.7. The van der Waals surface area contributed by atoms with Gasteiger partial charge in [0.2, 0.25) is 11.4 Å². The Labute approximate surface area is 185 Å². The number of nitrogens with zero attached hydrogens (tertiary/aromatic N) is 1. The minimum Gasteiger partial charge on any atom is -0.398 e. The summed E-state index contributed by atoms with van der Waals surface area (Å²) < 4.78 is 47.0. The van der Waals surface area contributed by atoms with Crippen LogP contribution in [0.3, 0.4) is 0 Å². The van der Waals surface area contributed by atoms with Crippen LogP contribution in [-0.2, 0) is 5.41 Å². The SMILES string of the molecule is Cc1noc(=O)c2ccc(C(=O)C(O)(CC(C)(C)c3ccccc3Cl)C(F)(F)F)c(N)c12. The van der Waals surface area contributed by atoms with E-state index < -0.39 is 46.3 Å². The van der Waals surface area contributed by atoms with E-state index in [1.807, 2.05) is 0 Å². The molecule has 0 aliphatic heterocycles. The number of rotatable bonds is 5. The second-order valence-electron chi connectivity index (χ2n) is 8.23. The zero-order chi connectivity index (χ0) is 24.1. The molecule has 0 aliphatic rings. The summed E-state index contributed by atoms with van der Waals surface area (Å²) in [6, 6.07) is 8.34. The molecule has 0 saturated heterocycles. The summed E-state index contributed by atoms with van der Waals surface area (Å²) in [5, 5.41) is 14.5. The molecule has 0 aliphatic carbocycles. The summed E-state index contributed by atoms with van der Waals surface area (Å²) in [7, 11) is 0. The lowest BCUT2D eigenvalue weighted by Crippen LogP contribution is -2.55. The smallest absolute Gasteiger partial charge is 0.398 e. The fourth-order valence-corrected chi connectivity index (χ4v) is 4.25. The van der Waals surface area contributed by atoms with Crippen LogP contribution in [0.2, 0.25) is 5.02 Å². The summed E-state index contributed by atoms with van der Waals surface area (Å²) in [5.74, 6) is -1.64. The summed E-state index contributed by atoms with van der Waals surface area (Å²) >= 11 is 6.16. The molecule has 0 bridgehead atoms. The van der Waals surface area contributed by atoms with Gasteiger partial charge in [-0.2, -0.15) is 13.2 Å². The molecule has 1 atom stereocenters. The van der Waals surface area contributed by atoms with Gasteiger partial charge in [0.05, 0.1) is 16.8 Å². The second-order valence-corrected chi connectivity index (χ2v) is 8.64. The van der Waals surface area contributed by atoms with Crippen LogP contribution in [0.1, 0.15) is 41.9 Å². The van der Waals surface area contributed by atoms with E-state index >= 15 is 0 Å². The van der Waals surface area contributed by atoms with Gasteiger partial charge in [0.15, 0.2) is 0 Å². The van der Waals surface area contributed by atoms with Gasteiger partial charge in [0.25, 0.3) is 0 Å². The predicted molar refractivity (Wildman–Crippen MR) is 114 cm³/mol. The molecule has 6 nitrogen and oxygen atoms in total. The Balaban J connectivity index is 2.18. The molecule has 10 heteroatoms. The molecular weight excluding hydrogens is 449 g/mol. The van der Waals surface area contributed by atoms with E-state index in [0.717, 1.165) is 12.1 Å². The third kappa shape index (κ3) is 3.86. The molecule has 0 fully saturated rings. The van der Waals surface area contributed by atoms with Crippen molar-refractivity contribution < 1.29 is 27.6 Å². The van der Waals surface area contributed by atoms with Gasteiger partial charge in [-0.3, -0.25) is 4.79 Å². The van der Waals surface area contributed by atoms with Crippen LogP contribution in [0.15, 0.2) is 45.7 Å². The molecule has 1 unspecified atom stereocenters. The maximum atomic E-state index is 14.2. The number of halogens is 4. The summed E-state index contributed by atoms with van der Waals surface area (Å²) in [6.45, 7) is 4.31. The Morgan fingerprint density at radius 1 is 1.19 bits per heavy atom. The van der Waals surface area contributed by atoms with E-state index in [1.165, 1.54) is 32.9 Å². The average Bonchev–Trinajstić information content (AvgIpc) is 2.69. The van der Waals surface area contributed by atoms with Crippen molar-refractivity contribution in [2.75, 3.05) is 5.73 Å². The van der Waals surface area contributed by atoms with E-state index in [-0.39, 0.29) is 21.5 Å². The molecule has 3 aromatic rings. The average molecular weight is 469 g/mol. The number of alkyl halides is 3. The first-order chi connectivity index (χ1) is 14.7. The fraction of sp³-hybridized carbons (Fsp3) is 0.318. The molecule has 0 spiro atoms. The van der Waals surface area contributed by atoms with Crippen molar-refractivity contribution in [1.29, 1.82) is 0 Å². The zero-order valence-electron chi connectivity index (χ0n) is 17.4. The third-order valence-electron chi connectivity index (χ3n) is 5.48. The predicted octanol–water partition coefficient (Wildman–Crippen LogP) is 4.58. The highest BCUT2D eigenvalue weighted by atomic mass is 35.5. The van der Waals surface area contributed by atoms with Crippen molar-refractivity contribution in [3.8, 4) is 0 Å². The molecule has 1 aromatic heterocycles. The number of benzene rings is 2. The van der Waals surface area contributed by atoms with E-state index in [4.69, 9.17) is 17.3 Å². The topological polar surface area (TPSA) is 106 Å². The fourth-order valence-electron chi connectivity index (χ4n) is 3.86. The van der Waals surface area contributed by atoms with Crippen LogP contribution in [0.5, 0.6) is 0 Å². The number of aliphatic hydroxyl groups is 1. The maximum absolute atomic E-state index is 14.2. The van der Waals surface area contributed by atoms with Crippen LogP contribution in [0.4, 0.5) is 18.9 Å². The number of anilines is 1. The Morgan fingerprint density at radius 2 is 1.81 bits per heavy atom. The van der Waals surface area contributed by atoms with Crippen molar-refractivity contribution in [1.82, 2.24) is 5.16 Å². The Morgan fingerprint density at radius 3 is 2.41 bits per heavy atom. The lowest BCUT2D eigenvalue weighted by Gasteiger charge is -2.37. The standard InChI is InChI=1S/C22H20ClF3N2O4/c1-11-16-12(19(30)32-28-11)8-9-13(17(16)27)18(29)21(31,22(24,25)26)10-20(2,3)14-6-4-5-7-15(14)23/h4-9,31H,10,27H2,1-3H3. The number of hydrogen-bond donors (Lipinski definition) is 2. The lowest BCUT2D eigenvalue weighted by atomic mass is 9.72. The van der Waals surface area contributed by atoms with E-state index in [2.05, 4.69) is 9.68 Å². The summed E-state index contributed by atoms with van der Waals surface area (Å²) in [6.07, 6.45) is -6.34. The molecule has 170 valence electrons. The van der Waals surface area contributed by atoms with Crippen molar-refractivity contribution in [2.45, 2.75) is 44.4 Å². The molecule has 3 N–H and O–H groups in total. The molecular formula is C22H20ClF3N2O4. The number of carbonyl (C=O) groups excluding carboxylic acids is 1. The number of aromatic nitrogens is 1. The highest BCUT2D eigenvalue weighted by Crippen LogP contribution is 2.45. The lowest BCUT2D eigenvalue weighted by molar-refractivity contribution is -0.242. The van der Waals surface area contributed by atoms with E-state index in [9.17, 15) is 27.9 Å². The van der Waals surface area contributed by atoms with Crippen LogP contribution < -0.4 is 11.4 Å². The number of fused-ring (bicyclic) bond motifs is 1. The van der Waals surface area contributed by atoms with Gasteiger partial charge in [-0.05, 0) is 36.1 Å². The van der Waals surface area contributed by atoms with Crippen LogP contribution in [0.25, 0.3) is 10.8 Å². The molecule has 2 aromatic carbocycles. The van der Waals surface area contributed by atoms with Gasteiger partial charge in [-0.15, -0.1) is 0 Å². The highest BCUT2D eigenvalue weighted by Gasteiger charge is 2.61. The molecule has 0 radical (unpaired) electrons. The second kappa shape index (κ2) is 7.90. The summed E-state index contributed by atoms with van der Waals surface area (Å²) in [4.78, 5) is 25.0. The van der Waals surface area contributed by atoms with Crippen molar-refractivity contribution in [3.05, 3.63) is 68.7 Å². The van der Waals surface area contributed by atoms with Gasteiger partial charge in [0.1, 0.15) is 0 Å². The monoisotopic (exact) mass is 468 g/mol. The minimum absolute atomic E-state index is 0.0120. The Bertz CT molecular complexity index is 1270. The zero-order valence-corrected chi connectivity index (χ0v) is 18.1. The summed E-state index contributed by atoms with van der Waals surface area (Å²) in [5.41, 5.74) is -0.532. The van der Waals surface area contributed by atoms with Crippen LogP contribution >= 0.6 is 11.6 Å². The number of nitrogens with two attached hydrogens (primary N) is 1. The Hall–Kier alpha value is -2.91. The molecule has 0 amide bonds. The van der Waals surface area contributed by atoms with E-state index in [1.54, 1.807) is 12.1 Å². The van der Waals surface area contributed by atoms with Crippen molar-refractivity contribution >= 4 is 33.8 Å². The third-order valence-corrected chi connectivity index (χ3v) is 5.81. The van der Waals surface area contributed by atoms with Gasteiger partial charge in [0, 0.05) is 22.4 Å². The first-order valence-corrected chi connectivity index (χ1v) is 9.86. The number of aryl methyl sites for hydroxylation is 1. The van der Waals surface area contributed by atoms with E-state index in [0.29, 0.717) is 5.56 Å². The number of ketones is 1. The molecule has 1 heterocycles. The quantitative estimate of drug-likeness (QED) is 0.419. The van der Waals surface area contributed by atoms with Gasteiger partial charge in [-0.25, -0.2) is 4.79 Å². The molecule has 0 saturated carbocycles.